The highest BCUT2D eigenvalue weighted by Gasteiger charge is 2.37. The van der Waals surface area contributed by atoms with Crippen LogP contribution in [0.15, 0.2) is 90.1 Å². The quantitative estimate of drug-likeness (QED) is 0.0149. The number of aliphatic imine (C=N–C) groups is 1. The lowest BCUT2D eigenvalue weighted by atomic mass is 9.95. The van der Waals surface area contributed by atoms with Gasteiger partial charge in [-0.3, -0.25) is 62.5 Å². The van der Waals surface area contributed by atoms with Gasteiger partial charge in [-0.1, -0.05) is 122 Å². The van der Waals surface area contributed by atoms with Crippen molar-refractivity contribution in [1.82, 2.24) is 63.5 Å². The summed E-state index contributed by atoms with van der Waals surface area (Å²) in [5, 5.41) is 49.9. The number of nitrogens with two attached hydrogens (primary N) is 4. The number of guanidine groups is 1. The number of aliphatic hydroxyl groups excluding tert-OH is 1. The van der Waals surface area contributed by atoms with Crippen LogP contribution in [0.4, 0.5) is 0 Å². The standard InChI is InChI=1S/C71H107N17O14/c1-12-40(8)59(70(102)87-52(29-37(2)3)64(96)79-41(9)61(93)78-36-57(91)81-50(23-18-28-76-71(74)75)63(95)82-51(60(73)92)34-46-35-77-49-22-17-16-21-48(46)49)88-68(100)54(31-39(6)7)85-65(97)53(30-38(4)5)84-67(99)56(32-44-19-14-13-15-20-44)86-66(98)55(33-45-24-26-47(90)27-25-45)83-62(94)42(10)80-69(101)58(72)43(11)89/h13-17,19-22,24-27,35,37-43,50-56,58-59,77,89-90H,12,18,23,28-34,36,72H2,1-11H3,(H2,73,92)(H,78,93)(H,79,96)(H,80,101)(H,81,91)(H,82,95)(H,83,94)(H,84,99)(H,85,97)(H,86,98)(H,87,102)(H,88,100)(H4,74,75,76)/t40-,41-,42-,43+,50-,51-,52-,53-,54-,55-,56-,58-,59-/m0/s1. The Morgan fingerprint density at radius 3 is 1.46 bits per heavy atom. The number of phenols is 1. The number of benzene rings is 3. The number of phenolic OH excluding ortho intramolecular Hbond substituents is 1. The summed E-state index contributed by atoms with van der Waals surface area (Å²) in [4.78, 5) is 174. The van der Waals surface area contributed by atoms with Crippen LogP contribution in [0.2, 0.25) is 0 Å². The van der Waals surface area contributed by atoms with E-state index in [1.54, 1.807) is 64.2 Å². The summed E-state index contributed by atoms with van der Waals surface area (Å²) in [6.07, 6.45) is 1.01. The van der Waals surface area contributed by atoms with Crippen molar-refractivity contribution < 1.29 is 67.7 Å². The second kappa shape index (κ2) is 41.5. The van der Waals surface area contributed by atoms with Crippen molar-refractivity contribution in [3.63, 3.8) is 0 Å². The van der Waals surface area contributed by atoms with Crippen molar-refractivity contribution in [2.24, 2.45) is 51.6 Å². The van der Waals surface area contributed by atoms with Gasteiger partial charge in [-0.15, -0.1) is 0 Å². The number of hydrogen-bond acceptors (Lipinski definition) is 16. The lowest BCUT2D eigenvalue weighted by Crippen LogP contribution is -2.61. The van der Waals surface area contributed by atoms with E-state index in [1.807, 2.05) is 52.0 Å². The van der Waals surface area contributed by atoms with Gasteiger partial charge in [-0.25, -0.2) is 0 Å². The van der Waals surface area contributed by atoms with Gasteiger partial charge in [0.2, 0.25) is 70.9 Å². The van der Waals surface area contributed by atoms with Crippen LogP contribution in [0.3, 0.4) is 0 Å². The second-order valence-corrected chi connectivity index (χ2v) is 27.2. The highest BCUT2D eigenvalue weighted by atomic mass is 16.3. The molecule has 0 unspecified atom stereocenters. The maximum Gasteiger partial charge on any atom is 0.243 e. The minimum atomic E-state index is -1.39. The molecule has 102 heavy (non-hydrogen) atoms. The summed E-state index contributed by atoms with van der Waals surface area (Å²) in [5.41, 5.74) is 25.1. The minimum Gasteiger partial charge on any atom is -0.508 e. The van der Waals surface area contributed by atoms with Gasteiger partial charge < -0.3 is 96.6 Å². The first-order chi connectivity index (χ1) is 48.1. The number of aromatic nitrogens is 1. The second-order valence-electron chi connectivity index (χ2n) is 27.2. The average molecular weight is 1420 g/mol. The van der Waals surface area contributed by atoms with Crippen LogP contribution in [-0.4, -0.2) is 178 Å². The van der Waals surface area contributed by atoms with Gasteiger partial charge in [0.05, 0.1) is 12.6 Å². The first-order valence-electron chi connectivity index (χ1n) is 34.5. The molecule has 12 amide bonds. The van der Waals surface area contributed by atoms with E-state index in [2.05, 4.69) is 68.5 Å². The Kier molecular flexibility index (Phi) is 34.3. The van der Waals surface area contributed by atoms with Crippen LogP contribution < -0.4 is 81.4 Å². The molecular formula is C71H107N17O14. The zero-order valence-electron chi connectivity index (χ0n) is 60.1. The predicted octanol–water partition coefficient (Wildman–Crippen LogP) is -0.663. The molecule has 560 valence electrons. The van der Waals surface area contributed by atoms with Gasteiger partial charge in [0.1, 0.15) is 72.2 Å². The Morgan fingerprint density at radius 2 is 0.931 bits per heavy atom. The summed E-state index contributed by atoms with van der Waals surface area (Å²) < 4.78 is 0. The number of aliphatic hydroxyl groups is 1. The number of aromatic hydroxyl groups is 1. The molecule has 4 aromatic rings. The Morgan fingerprint density at radius 1 is 0.480 bits per heavy atom. The normalized spacial score (nSPS) is 15.1. The third-order valence-corrected chi connectivity index (χ3v) is 16.8. The van der Waals surface area contributed by atoms with Crippen molar-refractivity contribution in [2.75, 3.05) is 13.1 Å². The third kappa shape index (κ3) is 28.5. The van der Waals surface area contributed by atoms with Crippen LogP contribution in [0.5, 0.6) is 5.75 Å². The Labute approximate surface area is 595 Å². The van der Waals surface area contributed by atoms with E-state index >= 15 is 0 Å². The maximum absolute atomic E-state index is 14.7. The molecule has 0 aliphatic rings. The number of aromatic amines is 1. The van der Waals surface area contributed by atoms with Crippen LogP contribution in [0.25, 0.3) is 10.9 Å². The molecule has 4 rings (SSSR count). The average Bonchev–Trinajstić information content (AvgIpc) is 1.62. The number of H-pyrrole nitrogens is 1. The van der Waals surface area contributed by atoms with E-state index in [4.69, 9.17) is 22.9 Å². The maximum atomic E-state index is 14.7. The van der Waals surface area contributed by atoms with Crippen LogP contribution >= 0.6 is 0 Å². The number of carbonyl (C=O) groups is 12. The van der Waals surface area contributed by atoms with Crippen LogP contribution in [-0.2, 0) is 76.8 Å². The van der Waals surface area contributed by atoms with Crippen molar-refractivity contribution in [1.29, 1.82) is 0 Å². The lowest BCUT2D eigenvalue weighted by molar-refractivity contribution is -0.136. The SMILES string of the molecule is CC[C@H](C)[C@H](NC(=O)[C@H](CC(C)C)NC(=O)[C@H](CC(C)C)NC(=O)[C@H](Cc1ccccc1)NC(=O)[C@H](Cc1ccc(O)cc1)NC(=O)[C@H](C)NC(=O)[C@@H](N)[C@@H](C)O)C(=O)N[C@@H](CC(C)C)C(=O)N[C@@H](C)C(=O)NCC(=O)N[C@@H](CCCN=C(N)N)C(=O)N[C@@H](Cc1c[nH]c2ccccc12)C(N)=O. The minimum absolute atomic E-state index is 0.00646. The van der Waals surface area contributed by atoms with Crippen LogP contribution in [0.1, 0.15) is 131 Å². The Balaban J connectivity index is 1.49. The summed E-state index contributed by atoms with van der Waals surface area (Å²) in [6, 6.07) is 7.65. The molecule has 3 aromatic carbocycles. The van der Waals surface area contributed by atoms with Gasteiger partial charge >= 0.3 is 0 Å². The molecule has 0 bridgehead atoms. The molecule has 0 spiro atoms. The molecule has 0 radical (unpaired) electrons. The molecule has 0 saturated heterocycles. The Hall–Kier alpha value is -10.2. The number of rotatable bonds is 42. The van der Waals surface area contributed by atoms with Crippen molar-refractivity contribution in [3.05, 3.63) is 102 Å². The summed E-state index contributed by atoms with van der Waals surface area (Å²) in [5.74, 6) is -10.9. The molecule has 0 fully saturated rings. The molecule has 0 aliphatic carbocycles. The summed E-state index contributed by atoms with van der Waals surface area (Å²) in [7, 11) is 0. The molecule has 0 aliphatic heterocycles. The number of fused-ring (bicyclic) bond motifs is 1. The first kappa shape index (κ1) is 84.2. The smallest absolute Gasteiger partial charge is 0.243 e. The third-order valence-electron chi connectivity index (χ3n) is 16.8. The molecule has 13 atom stereocenters. The number of nitrogens with one attached hydrogen (secondary N) is 12. The molecule has 31 heteroatoms. The lowest BCUT2D eigenvalue weighted by Gasteiger charge is -2.30. The van der Waals surface area contributed by atoms with Gasteiger partial charge in [-0.2, -0.15) is 0 Å². The van der Waals surface area contributed by atoms with E-state index in [0.29, 0.717) is 23.1 Å². The fourth-order valence-corrected chi connectivity index (χ4v) is 10.9. The van der Waals surface area contributed by atoms with E-state index in [1.165, 1.54) is 45.0 Å². The zero-order valence-corrected chi connectivity index (χ0v) is 60.1. The van der Waals surface area contributed by atoms with Gasteiger partial charge in [0, 0.05) is 42.9 Å². The molecule has 1 heterocycles. The molecule has 1 aromatic heterocycles. The summed E-state index contributed by atoms with van der Waals surface area (Å²) in [6.45, 7) is 17.8. The largest absolute Gasteiger partial charge is 0.508 e. The van der Waals surface area contributed by atoms with E-state index in [0.717, 1.165) is 10.9 Å². The van der Waals surface area contributed by atoms with Crippen molar-refractivity contribution in [2.45, 2.75) is 207 Å². The van der Waals surface area contributed by atoms with Gasteiger partial charge in [0.15, 0.2) is 5.96 Å². The first-order valence-corrected chi connectivity index (χ1v) is 34.5. The predicted molar refractivity (Wildman–Crippen MR) is 384 cm³/mol. The number of hydrogen-bond donors (Lipinski definition) is 18. The number of nitrogens with zero attached hydrogens (tertiary/aromatic N) is 1. The van der Waals surface area contributed by atoms with Gasteiger partial charge in [0.25, 0.3) is 0 Å². The summed E-state index contributed by atoms with van der Waals surface area (Å²) >= 11 is 0. The molecule has 0 saturated carbocycles. The number of amides is 12. The van der Waals surface area contributed by atoms with Crippen molar-refractivity contribution >= 4 is 87.7 Å². The number of carbonyl (C=O) groups excluding carboxylic acids is 12. The molecular weight excluding hydrogens is 1310 g/mol. The van der Waals surface area contributed by atoms with Crippen molar-refractivity contribution in [3.8, 4) is 5.75 Å². The molecule has 22 N–H and O–H groups in total. The highest BCUT2D eigenvalue weighted by molar-refractivity contribution is 5.99. The number of primary amides is 1. The monoisotopic (exact) mass is 1420 g/mol. The number of para-hydroxylation sites is 1. The Bertz CT molecular complexity index is 3510. The topological polar surface area (TPSA) is 510 Å². The fraction of sp³-hybridized carbons (Fsp3) is 0.535. The zero-order chi connectivity index (χ0) is 76.1. The van der Waals surface area contributed by atoms with E-state index in [9.17, 15) is 67.7 Å². The fourth-order valence-electron chi connectivity index (χ4n) is 10.9. The highest BCUT2D eigenvalue weighted by Crippen LogP contribution is 2.21. The van der Waals surface area contributed by atoms with Gasteiger partial charge in [-0.05, 0) is 111 Å². The molecule has 31 nitrogen and oxygen atoms in total. The van der Waals surface area contributed by atoms with Crippen LogP contribution in [0, 0.1) is 23.7 Å². The van der Waals surface area contributed by atoms with E-state index < -0.39 is 156 Å². The van der Waals surface area contributed by atoms with E-state index in [-0.39, 0.29) is 87.4 Å².